The van der Waals surface area contributed by atoms with E-state index < -0.39 is 12.6 Å². The molecule has 0 unspecified atom stereocenters. The molecular formula is C6H6FNO2S. The molecule has 0 atom stereocenters. The zero-order valence-electron chi connectivity index (χ0n) is 5.83. The van der Waals surface area contributed by atoms with Crippen LogP contribution in [0.1, 0.15) is 15.5 Å². The molecule has 0 spiro atoms. The van der Waals surface area contributed by atoms with Gasteiger partial charge in [0.2, 0.25) is 0 Å². The van der Waals surface area contributed by atoms with Gasteiger partial charge in [-0.1, -0.05) is 0 Å². The summed E-state index contributed by atoms with van der Waals surface area (Å²) in [6, 6.07) is 0. The Morgan fingerprint density at radius 1 is 1.91 bits per heavy atom. The minimum atomic E-state index is -0.637. The minimum absolute atomic E-state index is 0.171. The summed E-state index contributed by atoms with van der Waals surface area (Å²) < 4.78 is 16.3. The summed E-state index contributed by atoms with van der Waals surface area (Å²) in [5.74, 6) is -0.527. The molecule has 60 valence electrons. The predicted octanol–water partition coefficient (Wildman–Crippen LogP) is 1.40. The maximum Gasteiger partial charge on any atom is 0.357 e. The standard InChI is InChI=1S/C6H6FNO2S/c1-10-6(9)4-3-11-5(2-7)8-4/h3H,2H2,1H3. The monoisotopic (exact) mass is 175 g/mol. The Hall–Kier alpha value is -0.970. The van der Waals surface area contributed by atoms with Gasteiger partial charge in [-0.2, -0.15) is 0 Å². The van der Waals surface area contributed by atoms with Gasteiger partial charge in [-0.3, -0.25) is 0 Å². The normalized spacial score (nSPS) is 9.64. The van der Waals surface area contributed by atoms with E-state index in [1.54, 1.807) is 0 Å². The van der Waals surface area contributed by atoms with Crippen molar-refractivity contribution in [3.05, 3.63) is 16.1 Å². The molecule has 0 fully saturated rings. The summed E-state index contributed by atoms with van der Waals surface area (Å²) in [5.41, 5.74) is 0.171. The van der Waals surface area contributed by atoms with Crippen LogP contribution in [-0.2, 0) is 11.4 Å². The Morgan fingerprint density at radius 2 is 2.64 bits per heavy atom. The van der Waals surface area contributed by atoms with Gasteiger partial charge in [-0.25, -0.2) is 14.2 Å². The molecular weight excluding hydrogens is 169 g/mol. The second-order valence-electron chi connectivity index (χ2n) is 1.75. The van der Waals surface area contributed by atoms with E-state index in [0.717, 1.165) is 11.3 Å². The topological polar surface area (TPSA) is 39.2 Å². The van der Waals surface area contributed by atoms with Crippen LogP contribution in [0.15, 0.2) is 5.38 Å². The van der Waals surface area contributed by atoms with Crippen molar-refractivity contribution < 1.29 is 13.9 Å². The van der Waals surface area contributed by atoms with E-state index in [-0.39, 0.29) is 5.69 Å². The summed E-state index contributed by atoms with van der Waals surface area (Å²) in [6.07, 6.45) is 0. The Labute approximate surface area is 66.8 Å². The molecule has 0 aliphatic carbocycles. The lowest BCUT2D eigenvalue weighted by atomic mass is 10.5. The van der Waals surface area contributed by atoms with Crippen molar-refractivity contribution in [3.63, 3.8) is 0 Å². The molecule has 1 aromatic rings. The van der Waals surface area contributed by atoms with Gasteiger partial charge in [0.05, 0.1) is 7.11 Å². The van der Waals surface area contributed by atoms with Crippen molar-refractivity contribution in [3.8, 4) is 0 Å². The van der Waals surface area contributed by atoms with Gasteiger partial charge in [0.15, 0.2) is 5.69 Å². The molecule has 1 rings (SSSR count). The van der Waals surface area contributed by atoms with Crippen LogP contribution >= 0.6 is 11.3 Å². The fourth-order valence-corrected chi connectivity index (χ4v) is 1.18. The zero-order chi connectivity index (χ0) is 8.27. The first-order valence-electron chi connectivity index (χ1n) is 2.86. The number of rotatable bonds is 2. The van der Waals surface area contributed by atoms with Gasteiger partial charge < -0.3 is 4.74 Å². The van der Waals surface area contributed by atoms with Gasteiger partial charge >= 0.3 is 5.97 Å². The lowest BCUT2D eigenvalue weighted by molar-refractivity contribution is 0.0594. The summed E-state index contributed by atoms with van der Waals surface area (Å²) >= 11 is 1.11. The SMILES string of the molecule is COC(=O)c1csc(CF)n1. The minimum Gasteiger partial charge on any atom is -0.464 e. The number of esters is 1. The number of carbonyl (C=O) groups is 1. The van der Waals surface area contributed by atoms with E-state index in [1.807, 2.05) is 0 Å². The number of nitrogens with zero attached hydrogens (tertiary/aromatic N) is 1. The first kappa shape index (κ1) is 8.13. The number of thiazole rings is 1. The zero-order valence-corrected chi connectivity index (χ0v) is 6.65. The van der Waals surface area contributed by atoms with E-state index >= 15 is 0 Å². The molecule has 0 amide bonds. The molecule has 11 heavy (non-hydrogen) atoms. The maximum atomic E-state index is 11.9. The molecule has 0 radical (unpaired) electrons. The first-order chi connectivity index (χ1) is 5.27. The van der Waals surface area contributed by atoms with Crippen molar-refractivity contribution >= 4 is 17.3 Å². The van der Waals surface area contributed by atoms with E-state index in [4.69, 9.17) is 0 Å². The second-order valence-corrected chi connectivity index (χ2v) is 2.69. The number of alkyl halides is 1. The van der Waals surface area contributed by atoms with E-state index in [1.165, 1.54) is 12.5 Å². The van der Waals surface area contributed by atoms with E-state index in [9.17, 15) is 9.18 Å². The molecule has 0 bridgehead atoms. The molecule has 3 nitrogen and oxygen atoms in total. The molecule has 0 N–H and O–H groups in total. The van der Waals surface area contributed by atoms with Crippen LogP contribution in [-0.4, -0.2) is 18.1 Å². The highest BCUT2D eigenvalue weighted by molar-refractivity contribution is 7.09. The van der Waals surface area contributed by atoms with Crippen LogP contribution in [0.2, 0.25) is 0 Å². The largest absolute Gasteiger partial charge is 0.464 e. The summed E-state index contributed by atoms with van der Waals surface area (Å²) in [7, 11) is 1.26. The Kier molecular flexibility index (Phi) is 2.53. The number of carbonyl (C=O) groups excluding carboxylic acids is 1. The highest BCUT2D eigenvalue weighted by Crippen LogP contribution is 2.11. The molecule has 0 aromatic carbocycles. The fraction of sp³-hybridized carbons (Fsp3) is 0.333. The first-order valence-corrected chi connectivity index (χ1v) is 3.74. The smallest absolute Gasteiger partial charge is 0.357 e. The average Bonchev–Trinajstić information content (AvgIpc) is 2.50. The molecule has 1 heterocycles. The average molecular weight is 175 g/mol. The van der Waals surface area contributed by atoms with Crippen molar-refractivity contribution in [2.24, 2.45) is 0 Å². The Balaban J connectivity index is 2.80. The van der Waals surface area contributed by atoms with Crippen LogP contribution in [0.4, 0.5) is 4.39 Å². The van der Waals surface area contributed by atoms with Crippen molar-refractivity contribution in [1.29, 1.82) is 0 Å². The summed E-state index contributed by atoms with van der Waals surface area (Å²) in [6.45, 7) is -0.637. The molecule has 0 saturated heterocycles. The Morgan fingerprint density at radius 3 is 3.09 bits per heavy atom. The van der Waals surface area contributed by atoms with Crippen molar-refractivity contribution in [2.75, 3.05) is 7.11 Å². The maximum absolute atomic E-state index is 11.9. The molecule has 0 saturated carbocycles. The van der Waals surface area contributed by atoms with E-state index in [2.05, 4.69) is 9.72 Å². The lowest BCUT2D eigenvalue weighted by Crippen LogP contribution is -2.01. The van der Waals surface area contributed by atoms with Gasteiger partial charge in [0, 0.05) is 5.38 Å². The number of hydrogen-bond acceptors (Lipinski definition) is 4. The number of hydrogen-bond donors (Lipinski definition) is 0. The lowest BCUT2D eigenvalue weighted by Gasteiger charge is -1.90. The second kappa shape index (κ2) is 3.43. The fourth-order valence-electron chi connectivity index (χ4n) is 0.571. The van der Waals surface area contributed by atoms with Crippen molar-refractivity contribution in [2.45, 2.75) is 6.67 Å². The van der Waals surface area contributed by atoms with Gasteiger partial charge in [-0.05, 0) is 0 Å². The van der Waals surface area contributed by atoms with Gasteiger partial charge in [0.1, 0.15) is 11.7 Å². The highest BCUT2D eigenvalue weighted by atomic mass is 32.1. The van der Waals surface area contributed by atoms with Crippen LogP contribution < -0.4 is 0 Å². The summed E-state index contributed by atoms with van der Waals surface area (Å²) in [4.78, 5) is 14.4. The van der Waals surface area contributed by atoms with Crippen molar-refractivity contribution in [1.82, 2.24) is 4.98 Å². The predicted molar refractivity (Wildman–Crippen MR) is 38.3 cm³/mol. The number of aromatic nitrogens is 1. The Bertz CT molecular complexity index is 261. The molecule has 0 aliphatic rings. The number of methoxy groups -OCH3 is 1. The third-order valence-corrected chi connectivity index (χ3v) is 1.87. The summed E-state index contributed by atoms with van der Waals surface area (Å²) in [5, 5.41) is 1.77. The third-order valence-electron chi connectivity index (χ3n) is 1.06. The number of halogens is 1. The third kappa shape index (κ3) is 1.74. The molecule has 0 aliphatic heterocycles. The van der Waals surface area contributed by atoms with E-state index in [0.29, 0.717) is 5.01 Å². The number of ether oxygens (including phenoxy) is 1. The van der Waals surface area contributed by atoms with Crippen LogP contribution in [0.5, 0.6) is 0 Å². The van der Waals surface area contributed by atoms with Gasteiger partial charge in [0.25, 0.3) is 0 Å². The van der Waals surface area contributed by atoms with Gasteiger partial charge in [-0.15, -0.1) is 11.3 Å². The van der Waals surface area contributed by atoms with Crippen LogP contribution in [0.25, 0.3) is 0 Å². The molecule has 1 aromatic heterocycles. The van der Waals surface area contributed by atoms with Crippen LogP contribution in [0, 0.1) is 0 Å². The highest BCUT2D eigenvalue weighted by Gasteiger charge is 2.09. The quantitative estimate of drug-likeness (QED) is 0.638. The molecule has 5 heteroatoms. The van der Waals surface area contributed by atoms with Crippen LogP contribution in [0.3, 0.4) is 0 Å².